The van der Waals surface area contributed by atoms with Crippen molar-refractivity contribution < 1.29 is 13.2 Å². The number of hydrogen-bond acceptors (Lipinski definition) is 4. The zero-order valence-electron chi connectivity index (χ0n) is 17.1. The van der Waals surface area contributed by atoms with Crippen LogP contribution in [0.25, 0.3) is 11.0 Å². The third kappa shape index (κ3) is 3.64. The molecule has 2 aromatic heterocycles. The van der Waals surface area contributed by atoms with E-state index in [1.807, 2.05) is 36.1 Å². The highest BCUT2D eigenvalue weighted by molar-refractivity contribution is 5.81. The van der Waals surface area contributed by atoms with Crippen LogP contribution in [0.15, 0.2) is 35.3 Å². The highest BCUT2D eigenvalue weighted by Crippen LogP contribution is 2.36. The molecule has 0 spiro atoms. The van der Waals surface area contributed by atoms with Crippen molar-refractivity contribution in [3.05, 3.63) is 46.5 Å². The summed E-state index contributed by atoms with van der Waals surface area (Å²) in [7, 11) is 3.47. The molecule has 1 saturated heterocycles. The fraction of sp³-hybridized carbons (Fsp3) is 0.429. The molecular weight excluding hydrogens is 395 g/mol. The minimum absolute atomic E-state index is 0.0849. The molecule has 4 rings (SSSR count). The first-order chi connectivity index (χ1) is 14.1. The zero-order valence-corrected chi connectivity index (χ0v) is 17.1. The van der Waals surface area contributed by atoms with Gasteiger partial charge in [-0.3, -0.25) is 9.13 Å². The third-order valence-electron chi connectivity index (χ3n) is 5.87. The standard InChI is InChI=1S/C21H24F3N5O/c1-13-10-16(12-25-19(13)29-8-6-14(7-9-29)21(22,23)24)26-15-4-5-17-18(11-15)28(3)20(30)27(17)2/h4-5,10-12,14,26H,6-9H2,1-3H3. The van der Waals surface area contributed by atoms with E-state index in [1.54, 1.807) is 29.4 Å². The van der Waals surface area contributed by atoms with E-state index >= 15 is 0 Å². The lowest BCUT2D eigenvalue weighted by atomic mass is 9.96. The molecule has 3 heterocycles. The predicted molar refractivity (Wildman–Crippen MR) is 111 cm³/mol. The molecule has 30 heavy (non-hydrogen) atoms. The van der Waals surface area contributed by atoms with Crippen molar-refractivity contribution in [2.45, 2.75) is 25.9 Å². The monoisotopic (exact) mass is 419 g/mol. The van der Waals surface area contributed by atoms with Gasteiger partial charge in [-0.05, 0) is 49.6 Å². The number of aryl methyl sites for hydroxylation is 3. The van der Waals surface area contributed by atoms with Crippen LogP contribution >= 0.6 is 0 Å². The fourth-order valence-electron chi connectivity index (χ4n) is 4.14. The number of imidazole rings is 1. The van der Waals surface area contributed by atoms with E-state index in [1.165, 1.54) is 0 Å². The van der Waals surface area contributed by atoms with Gasteiger partial charge in [-0.2, -0.15) is 13.2 Å². The van der Waals surface area contributed by atoms with Gasteiger partial charge >= 0.3 is 11.9 Å². The lowest BCUT2D eigenvalue weighted by Crippen LogP contribution is -2.39. The van der Waals surface area contributed by atoms with Crippen LogP contribution in [0.2, 0.25) is 0 Å². The van der Waals surface area contributed by atoms with E-state index in [9.17, 15) is 18.0 Å². The van der Waals surface area contributed by atoms with Gasteiger partial charge in [-0.1, -0.05) is 0 Å². The lowest BCUT2D eigenvalue weighted by molar-refractivity contribution is -0.179. The summed E-state index contributed by atoms with van der Waals surface area (Å²) in [5, 5.41) is 3.30. The van der Waals surface area contributed by atoms with E-state index < -0.39 is 12.1 Å². The first kappa shape index (κ1) is 20.3. The number of nitrogens with one attached hydrogen (secondary N) is 1. The van der Waals surface area contributed by atoms with Crippen LogP contribution in [-0.4, -0.2) is 33.4 Å². The Kier molecular flexibility index (Phi) is 4.99. The largest absolute Gasteiger partial charge is 0.391 e. The van der Waals surface area contributed by atoms with E-state index in [0.29, 0.717) is 13.1 Å². The number of piperidine rings is 1. The summed E-state index contributed by atoms with van der Waals surface area (Å²) in [4.78, 5) is 18.5. The normalized spacial score (nSPS) is 15.7. The van der Waals surface area contributed by atoms with Gasteiger partial charge < -0.3 is 10.2 Å². The molecule has 6 nitrogen and oxygen atoms in total. The summed E-state index contributed by atoms with van der Waals surface area (Å²) < 4.78 is 41.9. The second-order valence-electron chi connectivity index (χ2n) is 7.90. The lowest BCUT2D eigenvalue weighted by Gasteiger charge is -2.34. The molecule has 0 radical (unpaired) electrons. The van der Waals surface area contributed by atoms with Crippen molar-refractivity contribution in [3.63, 3.8) is 0 Å². The molecule has 1 fully saturated rings. The number of benzene rings is 1. The number of nitrogens with zero attached hydrogens (tertiary/aromatic N) is 4. The van der Waals surface area contributed by atoms with Gasteiger partial charge in [0.25, 0.3) is 0 Å². The van der Waals surface area contributed by atoms with Gasteiger partial charge in [0.2, 0.25) is 0 Å². The molecule has 0 aliphatic carbocycles. The molecule has 0 bridgehead atoms. The van der Waals surface area contributed by atoms with Gasteiger partial charge in [0.05, 0.1) is 28.8 Å². The number of fused-ring (bicyclic) bond motifs is 1. The van der Waals surface area contributed by atoms with Crippen molar-refractivity contribution in [1.29, 1.82) is 0 Å². The number of rotatable bonds is 3. The molecule has 9 heteroatoms. The summed E-state index contributed by atoms with van der Waals surface area (Å²) in [6.07, 6.45) is -2.24. The maximum absolute atomic E-state index is 12.9. The molecule has 1 N–H and O–H groups in total. The SMILES string of the molecule is Cc1cc(Nc2ccc3c(c2)n(C)c(=O)n3C)cnc1N1CCC(C(F)(F)F)CC1. The molecule has 3 aromatic rings. The molecule has 0 saturated carbocycles. The maximum Gasteiger partial charge on any atom is 0.391 e. The highest BCUT2D eigenvalue weighted by atomic mass is 19.4. The topological polar surface area (TPSA) is 55.1 Å². The van der Waals surface area contributed by atoms with Gasteiger partial charge in [0.15, 0.2) is 0 Å². The predicted octanol–water partition coefficient (Wildman–Crippen LogP) is 4.10. The smallest absolute Gasteiger partial charge is 0.356 e. The van der Waals surface area contributed by atoms with Gasteiger partial charge in [-0.15, -0.1) is 0 Å². The van der Waals surface area contributed by atoms with Crippen molar-refractivity contribution in [2.24, 2.45) is 20.0 Å². The Balaban J connectivity index is 1.51. The summed E-state index contributed by atoms with van der Waals surface area (Å²) in [6.45, 7) is 2.61. The van der Waals surface area contributed by atoms with E-state index in [0.717, 1.165) is 33.8 Å². The summed E-state index contributed by atoms with van der Waals surface area (Å²) in [6, 6.07) is 7.62. The van der Waals surface area contributed by atoms with Crippen LogP contribution in [0.4, 0.5) is 30.4 Å². The van der Waals surface area contributed by atoms with E-state index in [2.05, 4.69) is 10.3 Å². The minimum Gasteiger partial charge on any atom is -0.356 e. The average molecular weight is 419 g/mol. The van der Waals surface area contributed by atoms with Crippen molar-refractivity contribution in [1.82, 2.24) is 14.1 Å². The molecule has 1 aliphatic rings. The van der Waals surface area contributed by atoms with Crippen LogP contribution in [0.5, 0.6) is 0 Å². The number of aromatic nitrogens is 3. The van der Waals surface area contributed by atoms with Crippen molar-refractivity contribution >= 4 is 28.2 Å². The Morgan fingerprint density at radius 2 is 1.70 bits per heavy atom. The van der Waals surface area contributed by atoms with Crippen LogP contribution in [-0.2, 0) is 14.1 Å². The molecule has 160 valence electrons. The number of hydrogen-bond donors (Lipinski definition) is 1. The Morgan fingerprint density at radius 3 is 2.33 bits per heavy atom. The summed E-state index contributed by atoms with van der Waals surface area (Å²) >= 11 is 0. The number of alkyl halides is 3. The number of anilines is 3. The van der Waals surface area contributed by atoms with Crippen LogP contribution in [0.1, 0.15) is 18.4 Å². The van der Waals surface area contributed by atoms with Gasteiger partial charge in [0.1, 0.15) is 5.82 Å². The molecule has 1 aromatic carbocycles. The average Bonchev–Trinajstić information content (AvgIpc) is 2.91. The summed E-state index contributed by atoms with van der Waals surface area (Å²) in [5.74, 6) is -0.499. The van der Waals surface area contributed by atoms with E-state index in [4.69, 9.17) is 0 Å². The second kappa shape index (κ2) is 7.37. The van der Waals surface area contributed by atoms with Crippen LogP contribution in [0.3, 0.4) is 0 Å². The quantitative estimate of drug-likeness (QED) is 0.695. The van der Waals surface area contributed by atoms with Crippen LogP contribution < -0.4 is 15.9 Å². The maximum atomic E-state index is 12.9. The minimum atomic E-state index is -4.12. The Bertz CT molecular complexity index is 1140. The molecule has 0 amide bonds. The molecule has 1 aliphatic heterocycles. The van der Waals surface area contributed by atoms with Gasteiger partial charge in [0, 0.05) is 32.9 Å². The Hall–Kier alpha value is -2.97. The highest BCUT2D eigenvalue weighted by Gasteiger charge is 2.41. The molecule has 0 unspecified atom stereocenters. The second-order valence-corrected chi connectivity index (χ2v) is 7.90. The summed E-state index contributed by atoms with van der Waals surface area (Å²) in [5.41, 5.74) is 4.09. The van der Waals surface area contributed by atoms with Crippen LogP contribution in [0, 0.1) is 12.8 Å². The number of halogens is 3. The number of pyridine rings is 1. The molecular formula is C21H24F3N5O. The zero-order chi connectivity index (χ0) is 21.6. The third-order valence-corrected chi connectivity index (χ3v) is 5.87. The first-order valence-electron chi connectivity index (χ1n) is 9.86. The Morgan fingerprint density at radius 1 is 1.03 bits per heavy atom. The fourth-order valence-corrected chi connectivity index (χ4v) is 4.14. The van der Waals surface area contributed by atoms with E-state index in [-0.39, 0.29) is 18.5 Å². The first-order valence-corrected chi connectivity index (χ1v) is 9.86. The van der Waals surface area contributed by atoms with Crippen molar-refractivity contribution in [2.75, 3.05) is 23.3 Å². The van der Waals surface area contributed by atoms with Gasteiger partial charge in [-0.25, -0.2) is 9.78 Å². The van der Waals surface area contributed by atoms with Crippen molar-refractivity contribution in [3.8, 4) is 0 Å². The molecule has 0 atom stereocenters. The Labute approximate surface area is 171 Å².